The van der Waals surface area contributed by atoms with E-state index < -0.39 is 17.4 Å². The van der Waals surface area contributed by atoms with Gasteiger partial charge >= 0.3 is 5.69 Å². The molecule has 0 fully saturated rings. The first kappa shape index (κ1) is 14.2. The minimum absolute atomic E-state index is 0.0895. The van der Waals surface area contributed by atoms with Gasteiger partial charge in [0.15, 0.2) is 0 Å². The van der Waals surface area contributed by atoms with Gasteiger partial charge in [-0.25, -0.2) is 4.79 Å². The van der Waals surface area contributed by atoms with Crippen LogP contribution in [0.15, 0.2) is 20.3 Å². The summed E-state index contributed by atoms with van der Waals surface area (Å²) >= 11 is 0. The predicted octanol–water partition coefficient (Wildman–Crippen LogP) is -1.22. The summed E-state index contributed by atoms with van der Waals surface area (Å²) < 4.78 is 12.3. The number of hydrogen-bond donors (Lipinski definition) is 1. The highest BCUT2D eigenvalue weighted by Gasteiger charge is 2.20. The maximum atomic E-state index is 12.0. The molecule has 0 aliphatic rings. The second-order valence-corrected chi connectivity index (χ2v) is 4.22. The molecule has 2 rings (SSSR count). The van der Waals surface area contributed by atoms with E-state index in [-0.39, 0.29) is 23.8 Å². The Hall–Kier alpha value is -2.26. The molecule has 20 heavy (non-hydrogen) atoms. The normalized spacial score (nSPS) is 12.6. The SMILES string of the molecule is CO[C@@H](CN)c1nc(-c2cn(C)c(=O)n(C)c2=O)no1. The molecule has 0 saturated carbocycles. The van der Waals surface area contributed by atoms with Crippen molar-refractivity contribution in [1.29, 1.82) is 0 Å². The molecule has 1 atom stereocenters. The van der Waals surface area contributed by atoms with E-state index in [4.69, 9.17) is 15.0 Å². The monoisotopic (exact) mass is 281 g/mol. The summed E-state index contributed by atoms with van der Waals surface area (Å²) in [5.74, 6) is 0.271. The van der Waals surface area contributed by atoms with Gasteiger partial charge in [-0.2, -0.15) is 4.98 Å². The van der Waals surface area contributed by atoms with Gasteiger partial charge in [0.2, 0.25) is 5.82 Å². The first-order valence-electron chi connectivity index (χ1n) is 5.83. The lowest BCUT2D eigenvalue weighted by molar-refractivity contribution is 0.0804. The minimum Gasteiger partial charge on any atom is -0.370 e. The topological polar surface area (TPSA) is 118 Å². The number of rotatable bonds is 4. The van der Waals surface area contributed by atoms with E-state index in [0.29, 0.717) is 0 Å². The van der Waals surface area contributed by atoms with E-state index in [0.717, 1.165) is 4.57 Å². The van der Waals surface area contributed by atoms with Crippen molar-refractivity contribution in [3.05, 3.63) is 32.9 Å². The van der Waals surface area contributed by atoms with Crippen LogP contribution < -0.4 is 17.0 Å². The van der Waals surface area contributed by atoms with Gasteiger partial charge in [-0.15, -0.1) is 0 Å². The average Bonchev–Trinajstić information content (AvgIpc) is 2.91. The van der Waals surface area contributed by atoms with Crippen LogP contribution in [0.25, 0.3) is 11.4 Å². The van der Waals surface area contributed by atoms with E-state index in [1.54, 1.807) is 0 Å². The van der Waals surface area contributed by atoms with Crippen molar-refractivity contribution in [2.45, 2.75) is 6.10 Å². The Kier molecular flexibility index (Phi) is 3.81. The fraction of sp³-hybridized carbons (Fsp3) is 0.455. The van der Waals surface area contributed by atoms with Crippen molar-refractivity contribution in [3.63, 3.8) is 0 Å². The van der Waals surface area contributed by atoms with Gasteiger partial charge in [-0.05, 0) is 0 Å². The van der Waals surface area contributed by atoms with Crippen LogP contribution >= 0.6 is 0 Å². The number of ether oxygens (including phenoxy) is 1. The highest BCUT2D eigenvalue weighted by atomic mass is 16.5. The maximum Gasteiger partial charge on any atom is 0.330 e. The van der Waals surface area contributed by atoms with Crippen LogP contribution in [0.1, 0.15) is 12.0 Å². The van der Waals surface area contributed by atoms with Crippen LogP contribution in [0.3, 0.4) is 0 Å². The molecular weight excluding hydrogens is 266 g/mol. The summed E-state index contributed by atoms with van der Waals surface area (Å²) in [5.41, 5.74) is 4.73. The van der Waals surface area contributed by atoms with Gasteiger partial charge in [0, 0.05) is 33.9 Å². The van der Waals surface area contributed by atoms with Gasteiger partial charge in [-0.3, -0.25) is 9.36 Å². The molecule has 9 nitrogen and oxygen atoms in total. The Balaban J connectivity index is 2.54. The first-order valence-corrected chi connectivity index (χ1v) is 5.83. The molecule has 0 bridgehead atoms. The molecule has 0 aliphatic carbocycles. The van der Waals surface area contributed by atoms with Crippen LogP contribution in [0.2, 0.25) is 0 Å². The summed E-state index contributed by atoms with van der Waals surface area (Å²) in [5, 5.41) is 3.73. The Morgan fingerprint density at radius 3 is 2.75 bits per heavy atom. The Morgan fingerprint density at radius 1 is 1.45 bits per heavy atom. The highest BCUT2D eigenvalue weighted by molar-refractivity contribution is 5.50. The molecule has 0 aliphatic heterocycles. The van der Waals surface area contributed by atoms with E-state index in [1.165, 1.54) is 32.0 Å². The molecule has 2 aromatic heterocycles. The maximum absolute atomic E-state index is 12.0. The molecule has 0 saturated heterocycles. The zero-order chi connectivity index (χ0) is 14.9. The van der Waals surface area contributed by atoms with E-state index in [2.05, 4.69) is 10.1 Å². The zero-order valence-electron chi connectivity index (χ0n) is 11.4. The third-order valence-electron chi connectivity index (χ3n) is 2.90. The molecule has 0 amide bonds. The molecular formula is C11H15N5O4. The Morgan fingerprint density at radius 2 is 2.15 bits per heavy atom. The molecule has 9 heteroatoms. The Bertz CT molecular complexity index is 725. The molecule has 108 valence electrons. The van der Waals surface area contributed by atoms with Crippen molar-refractivity contribution < 1.29 is 9.26 Å². The zero-order valence-corrected chi connectivity index (χ0v) is 11.4. The van der Waals surface area contributed by atoms with E-state index in [1.807, 2.05) is 0 Å². The number of nitrogens with zero attached hydrogens (tertiary/aromatic N) is 4. The standard InChI is InChI=1S/C11H15N5O4/c1-15-5-6(10(17)16(2)11(15)18)8-13-9(20-14-8)7(4-12)19-3/h5,7H,4,12H2,1-3H3/t7-/m0/s1. The van der Waals surface area contributed by atoms with Crippen molar-refractivity contribution in [2.75, 3.05) is 13.7 Å². The fourth-order valence-corrected chi connectivity index (χ4v) is 1.73. The van der Waals surface area contributed by atoms with Crippen LogP contribution in [-0.4, -0.2) is 32.9 Å². The van der Waals surface area contributed by atoms with Crippen LogP contribution in [0, 0.1) is 0 Å². The summed E-state index contributed by atoms with van der Waals surface area (Å²) in [6, 6.07) is 0. The van der Waals surface area contributed by atoms with Crippen molar-refractivity contribution in [2.24, 2.45) is 19.8 Å². The minimum atomic E-state index is -0.535. The lowest BCUT2D eigenvalue weighted by atomic mass is 10.3. The molecule has 0 unspecified atom stereocenters. The number of methoxy groups -OCH3 is 1. The van der Waals surface area contributed by atoms with Gasteiger partial charge in [0.05, 0.1) is 0 Å². The average molecular weight is 281 g/mol. The summed E-state index contributed by atoms with van der Waals surface area (Å²) in [6.45, 7) is 0.170. The lowest BCUT2D eigenvalue weighted by Gasteiger charge is -2.05. The molecule has 0 aromatic carbocycles. The number of aromatic nitrogens is 4. The number of hydrogen-bond acceptors (Lipinski definition) is 7. The second kappa shape index (κ2) is 5.39. The molecule has 2 aromatic rings. The third kappa shape index (κ3) is 2.28. The van der Waals surface area contributed by atoms with Gasteiger partial charge in [-0.1, -0.05) is 5.16 Å². The molecule has 2 heterocycles. The highest BCUT2D eigenvalue weighted by Crippen LogP contribution is 2.16. The van der Waals surface area contributed by atoms with E-state index >= 15 is 0 Å². The van der Waals surface area contributed by atoms with Crippen LogP contribution in [-0.2, 0) is 18.8 Å². The van der Waals surface area contributed by atoms with Crippen molar-refractivity contribution in [1.82, 2.24) is 19.3 Å². The molecule has 0 spiro atoms. The fourth-order valence-electron chi connectivity index (χ4n) is 1.73. The van der Waals surface area contributed by atoms with Gasteiger partial charge in [0.1, 0.15) is 11.7 Å². The number of aryl methyl sites for hydroxylation is 1. The third-order valence-corrected chi connectivity index (χ3v) is 2.90. The first-order chi connectivity index (χ1) is 9.49. The summed E-state index contributed by atoms with van der Waals surface area (Å²) in [4.78, 5) is 27.7. The molecule has 2 N–H and O–H groups in total. The quantitative estimate of drug-likeness (QED) is 0.746. The molecule has 0 radical (unpaired) electrons. The largest absolute Gasteiger partial charge is 0.370 e. The lowest BCUT2D eigenvalue weighted by Crippen LogP contribution is -2.37. The Labute approximate surface area is 113 Å². The van der Waals surface area contributed by atoms with Crippen molar-refractivity contribution >= 4 is 0 Å². The van der Waals surface area contributed by atoms with Crippen molar-refractivity contribution in [3.8, 4) is 11.4 Å². The predicted molar refractivity (Wildman–Crippen MR) is 69.0 cm³/mol. The second-order valence-electron chi connectivity index (χ2n) is 4.22. The van der Waals surface area contributed by atoms with Gasteiger partial charge < -0.3 is 19.6 Å². The van der Waals surface area contributed by atoms with Crippen LogP contribution in [0.5, 0.6) is 0 Å². The summed E-state index contributed by atoms with van der Waals surface area (Å²) in [7, 11) is 4.38. The van der Waals surface area contributed by atoms with Gasteiger partial charge in [0.25, 0.3) is 11.4 Å². The number of nitrogens with two attached hydrogens (primary N) is 1. The summed E-state index contributed by atoms with van der Waals surface area (Å²) in [6.07, 6.45) is 0.830. The smallest absolute Gasteiger partial charge is 0.330 e. The van der Waals surface area contributed by atoms with E-state index in [9.17, 15) is 9.59 Å². The van der Waals surface area contributed by atoms with Crippen LogP contribution in [0.4, 0.5) is 0 Å².